The molecule has 0 bridgehead atoms. The van der Waals surface area contributed by atoms with Gasteiger partial charge < -0.3 is 9.36 Å². The normalized spacial score (nSPS) is 18.2. The number of oxime groups is 1. The van der Waals surface area contributed by atoms with Crippen LogP contribution in [0.4, 0.5) is 0 Å². The van der Waals surface area contributed by atoms with Crippen molar-refractivity contribution in [3.8, 4) is 11.4 Å². The Hall–Kier alpha value is -2.17. The third kappa shape index (κ3) is 2.31. The van der Waals surface area contributed by atoms with Crippen molar-refractivity contribution in [2.24, 2.45) is 11.1 Å². The zero-order valence-electron chi connectivity index (χ0n) is 11.8. The first kappa shape index (κ1) is 12.8. The van der Waals surface area contributed by atoms with E-state index in [1.165, 1.54) is 0 Å². The van der Waals surface area contributed by atoms with E-state index in [0.717, 1.165) is 16.8 Å². The molecule has 104 valence electrons. The lowest BCUT2D eigenvalue weighted by molar-refractivity contribution is 0.0599. The summed E-state index contributed by atoms with van der Waals surface area (Å²) < 4.78 is 5.33. The van der Waals surface area contributed by atoms with Gasteiger partial charge in [-0.05, 0) is 18.4 Å². The Balaban J connectivity index is 1.81. The molecule has 0 aliphatic carbocycles. The topological polar surface area (TPSA) is 60.5 Å². The molecule has 1 atom stereocenters. The van der Waals surface area contributed by atoms with Crippen LogP contribution in [0.2, 0.25) is 0 Å². The van der Waals surface area contributed by atoms with Crippen molar-refractivity contribution >= 4 is 5.71 Å². The Kier molecular flexibility index (Phi) is 3.26. The van der Waals surface area contributed by atoms with Gasteiger partial charge in [-0.1, -0.05) is 48.4 Å². The summed E-state index contributed by atoms with van der Waals surface area (Å²) in [6.07, 6.45) is 0.463. The lowest BCUT2D eigenvalue weighted by Crippen LogP contribution is -2.06. The zero-order chi connectivity index (χ0) is 14.1. The van der Waals surface area contributed by atoms with E-state index in [0.29, 0.717) is 24.1 Å². The first-order chi connectivity index (χ1) is 9.65. The van der Waals surface area contributed by atoms with Crippen LogP contribution in [0.5, 0.6) is 0 Å². The highest BCUT2D eigenvalue weighted by Gasteiger charge is 2.29. The first-order valence-electron chi connectivity index (χ1n) is 6.77. The van der Waals surface area contributed by atoms with Crippen molar-refractivity contribution in [3.05, 3.63) is 35.7 Å². The largest absolute Gasteiger partial charge is 0.382 e. The van der Waals surface area contributed by atoms with Crippen molar-refractivity contribution < 1.29 is 9.36 Å². The van der Waals surface area contributed by atoms with Crippen LogP contribution in [0.3, 0.4) is 0 Å². The third-order valence-corrected chi connectivity index (χ3v) is 3.46. The molecular formula is C15H17N3O2. The number of benzene rings is 1. The van der Waals surface area contributed by atoms with Gasteiger partial charge in [0, 0.05) is 12.0 Å². The van der Waals surface area contributed by atoms with E-state index >= 15 is 0 Å². The second-order valence-electron chi connectivity index (χ2n) is 5.31. The van der Waals surface area contributed by atoms with E-state index in [4.69, 9.17) is 9.36 Å². The van der Waals surface area contributed by atoms with Gasteiger partial charge in [0.05, 0.1) is 5.71 Å². The maximum Gasteiger partial charge on any atom is 0.271 e. The van der Waals surface area contributed by atoms with Crippen LogP contribution in [-0.4, -0.2) is 15.9 Å². The molecule has 1 aliphatic rings. The molecule has 0 spiro atoms. The monoisotopic (exact) mass is 271 g/mol. The van der Waals surface area contributed by atoms with Gasteiger partial charge in [0.15, 0.2) is 0 Å². The molecule has 5 nitrogen and oxygen atoms in total. The minimum atomic E-state index is -0.252. The molecule has 3 rings (SSSR count). The van der Waals surface area contributed by atoms with Gasteiger partial charge in [-0.3, -0.25) is 0 Å². The van der Waals surface area contributed by atoms with Crippen LogP contribution in [0.15, 0.2) is 33.9 Å². The second-order valence-corrected chi connectivity index (χ2v) is 5.31. The van der Waals surface area contributed by atoms with Gasteiger partial charge in [0.1, 0.15) is 0 Å². The Morgan fingerprint density at radius 3 is 2.75 bits per heavy atom. The summed E-state index contributed by atoms with van der Waals surface area (Å²) in [5.41, 5.74) is 3.13. The summed E-state index contributed by atoms with van der Waals surface area (Å²) in [5.74, 6) is 1.46. The Bertz CT molecular complexity index is 646. The Morgan fingerprint density at radius 1 is 1.25 bits per heavy atom. The smallest absolute Gasteiger partial charge is 0.271 e. The van der Waals surface area contributed by atoms with E-state index in [9.17, 15) is 0 Å². The SMILES string of the molecule is Cc1ccccc1-c1noc([C@@H]2CC(C(C)C)=NO2)n1. The van der Waals surface area contributed by atoms with Crippen molar-refractivity contribution in [1.82, 2.24) is 10.1 Å². The fourth-order valence-corrected chi connectivity index (χ4v) is 2.17. The van der Waals surface area contributed by atoms with Crippen LogP contribution >= 0.6 is 0 Å². The summed E-state index contributed by atoms with van der Waals surface area (Å²) in [6.45, 7) is 6.21. The number of aromatic nitrogens is 2. The summed E-state index contributed by atoms with van der Waals surface area (Å²) >= 11 is 0. The fraction of sp³-hybridized carbons (Fsp3) is 0.400. The molecule has 0 unspecified atom stereocenters. The molecular weight excluding hydrogens is 254 g/mol. The minimum Gasteiger partial charge on any atom is -0.382 e. The molecule has 2 heterocycles. The number of hydrogen-bond donors (Lipinski definition) is 0. The van der Waals surface area contributed by atoms with E-state index in [-0.39, 0.29) is 6.10 Å². The molecule has 0 saturated carbocycles. The van der Waals surface area contributed by atoms with Gasteiger partial charge in [-0.25, -0.2) is 0 Å². The number of nitrogens with zero attached hydrogens (tertiary/aromatic N) is 3. The summed E-state index contributed by atoms with van der Waals surface area (Å²) in [7, 11) is 0. The number of aryl methyl sites for hydroxylation is 1. The van der Waals surface area contributed by atoms with Crippen LogP contribution in [0.1, 0.15) is 37.8 Å². The van der Waals surface area contributed by atoms with Crippen molar-refractivity contribution in [2.75, 3.05) is 0 Å². The lowest BCUT2D eigenvalue weighted by Gasteiger charge is -2.02. The first-order valence-corrected chi connectivity index (χ1v) is 6.77. The summed E-state index contributed by atoms with van der Waals surface area (Å²) in [4.78, 5) is 9.83. The number of rotatable bonds is 3. The molecule has 1 aliphatic heterocycles. The molecule has 0 saturated heterocycles. The average Bonchev–Trinajstić information content (AvgIpc) is 3.08. The van der Waals surface area contributed by atoms with Gasteiger partial charge in [-0.15, -0.1) is 0 Å². The maximum atomic E-state index is 5.38. The van der Waals surface area contributed by atoms with Gasteiger partial charge in [0.2, 0.25) is 11.9 Å². The number of hydrogen-bond acceptors (Lipinski definition) is 5. The maximum absolute atomic E-state index is 5.38. The van der Waals surface area contributed by atoms with Crippen LogP contribution in [0, 0.1) is 12.8 Å². The predicted molar refractivity (Wildman–Crippen MR) is 75.2 cm³/mol. The zero-order valence-corrected chi connectivity index (χ0v) is 11.8. The van der Waals surface area contributed by atoms with Gasteiger partial charge >= 0.3 is 0 Å². The molecule has 1 aromatic heterocycles. The van der Waals surface area contributed by atoms with Crippen molar-refractivity contribution in [1.29, 1.82) is 0 Å². The quantitative estimate of drug-likeness (QED) is 0.857. The third-order valence-electron chi connectivity index (χ3n) is 3.46. The van der Waals surface area contributed by atoms with Crippen LogP contribution in [-0.2, 0) is 4.84 Å². The predicted octanol–water partition coefficient (Wildman–Crippen LogP) is 3.52. The van der Waals surface area contributed by atoms with Gasteiger partial charge in [0.25, 0.3) is 5.89 Å². The van der Waals surface area contributed by atoms with Crippen LogP contribution < -0.4 is 0 Å². The molecule has 0 amide bonds. The van der Waals surface area contributed by atoms with E-state index in [1.54, 1.807) is 0 Å². The van der Waals surface area contributed by atoms with Crippen LogP contribution in [0.25, 0.3) is 11.4 Å². The molecule has 1 aromatic carbocycles. The van der Waals surface area contributed by atoms with Crippen molar-refractivity contribution in [2.45, 2.75) is 33.3 Å². The highest BCUT2D eigenvalue weighted by Crippen LogP contribution is 2.30. The molecule has 20 heavy (non-hydrogen) atoms. The molecule has 2 aromatic rings. The average molecular weight is 271 g/mol. The molecule has 0 N–H and O–H groups in total. The molecule has 5 heteroatoms. The second kappa shape index (κ2) is 5.07. The van der Waals surface area contributed by atoms with Gasteiger partial charge in [-0.2, -0.15) is 4.98 Å². The summed E-state index contributed by atoms with van der Waals surface area (Å²) in [6, 6.07) is 7.96. The molecule has 0 radical (unpaired) electrons. The minimum absolute atomic E-state index is 0.252. The Labute approximate surface area is 117 Å². The van der Waals surface area contributed by atoms with E-state index < -0.39 is 0 Å². The fourth-order valence-electron chi connectivity index (χ4n) is 2.17. The lowest BCUT2D eigenvalue weighted by atomic mass is 10.0. The Morgan fingerprint density at radius 2 is 2.05 bits per heavy atom. The summed E-state index contributed by atoms with van der Waals surface area (Å²) in [5, 5.41) is 8.13. The molecule has 0 fully saturated rings. The van der Waals surface area contributed by atoms with Crippen molar-refractivity contribution in [3.63, 3.8) is 0 Å². The van der Waals surface area contributed by atoms with E-state index in [1.807, 2.05) is 31.2 Å². The highest BCUT2D eigenvalue weighted by atomic mass is 16.7. The highest BCUT2D eigenvalue weighted by molar-refractivity contribution is 5.87. The van der Waals surface area contributed by atoms with E-state index in [2.05, 4.69) is 29.1 Å². The standard InChI is InChI=1S/C15H17N3O2/c1-9(2)12-8-13(19-17-12)15-16-14(18-20-15)11-7-5-4-6-10(11)3/h4-7,9,13H,8H2,1-3H3/t13-/m0/s1.